The van der Waals surface area contributed by atoms with Crippen molar-refractivity contribution in [1.29, 1.82) is 0 Å². The van der Waals surface area contributed by atoms with Gasteiger partial charge in [-0.25, -0.2) is 4.79 Å². The molecular formula is C9H13ClN2O2. The second-order valence-electron chi connectivity index (χ2n) is 3.35. The highest BCUT2D eigenvalue weighted by Gasteiger charge is 2.12. The molecule has 0 amide bonds. The lowest BCUT2D eigenvalue weighted by atomic mass is 10.2. The molecule has 1 aromatic heterocycles. The summed E-state index contributed by atoms with van der Waals surface area (Å²) < 4.78 is 1.17. The first-order valence-electron chi connectivity index (χ1n) is 4.52. The summed E-state index contributed by atoms with van der Waals surface area (Å²) in [4.78, 5) is 25.6. The third-order valence-corrected chi connectivity index (χ3v) is 2.37. The zero-order valence-corrected chi connectivity index (χ0v) is 9.18. The Hall–Kier alpha value is -1.03. The van der Waals surface area contributed by atoms with E-state index in [-0.39, 0.29) is 16.8 Å². The Balaban J connectivity index is 3.61. The van der Waals surface area contributed by atoms with Gasteiger partial charge < -0.3 is 0 Å². The van der Waals surface area contributed by atoms with Gasteiger partial charge in [0.25, 0.3) is 5.56 Å². The average Bonchev–Trinajstić information content (AvgIpc) is 2.02. The van der Waals surface area contributed by atoms with Crippen LogP contribution in [-0.4, -0.2) is 9.55 Å². The van der Waals surface area contributed by atoms with Crippen molar-refractivity contribution in [1.82, 2.24) is 9.55 Å². The number of aromatic amines is 1. The molecule has 0 aromatic carbocycles. The lowest BCUT2D eigenvalue weighted by Crippen LogP contribution is -2.38. The monoisotopic (exact) mass is 216 g/mol. The second kappa shape index (κ2) is 4.00. The lowest BCUT2D eigenvalue weighted by molar-refractivity contribution is 0.540. The van der Waals surface area contributed by atoms with Crippen LogP contribution in [-0.2, 0) is 6.42 Å². The van der Waals surface area contributed by atoms with Crippen molar-refractivity contribution < 1.29 is 0 Å². The Morgan fingerprint density at radius 2 is 2.00 bits per heavy atom. The molecule has 0 aliphatic rings. The van der Waals surface area contributed by atoms with E-state index in [2.05, 4.69) is 4.98 Å². The highest BCUT2D eigenvalue weighted by molar-refractivity contribution is 6.30. The van der Waals surface area contributed by atoms with Crippen LogP contribution in [0.1, 0.15) is 32.4 Å². The van der Waals surface area contributed by atoms with Crippen molar-refractivity contribution in [3.63, 3.8) is 0 Å². The average molecular weight is 217 g/mol. The van der Waals surface area contributed by atoms with Crippen molar-refractivity contribution in [2.24, 2.45) is 0 Å². The van der Waals surface area contributed by atoms with E-state index >= 15 is 0 Å². The molecule has 0 spiro atoms. The molecule has 0 aliphatic heterocycles. The smallest absolute Gasteiger partial charge is 0.297 e. The van der Waals surface area contributed by atoms with E-state index in [4.69, 9.17) is 11.6 Å². The van der Waals surface area contributed by atoms with E-state index in [1.165, 1.54) is 4.57 Å². The summed E-state index contributed by atoms with van der Waals surface area (Å²) in [6.45, 7) is 5.39. The van der Waals surface area contributed by atoms with Crippen molar-refractivity contribution in [2.45, 2.75) is 33.2 Å². The minimum Gasteiger partial charge on any atom is -0.297 e. The molecule has 1 N–H and O–H groups in total. The van der Waals surface area contributed by atoms with Gasteiger partial charge >= 0.3 is 5.69 Å². The van der Waals surface area contributed by atoms with Gasteiger partial charge in [-0.2, -0.15) is 0 Å². The number of nitrogens with zero attached hydrogens (tertiary/aromatic N) is 1. The first-order valence-corrected chi connectivity index (χ1v) is 4.90. The van der Waals surface area contributed by atoms with Gasteiger partial charge in [0.1, 0.15) is 5.15 Å². The Kier molecular flexibility index (Phi) is 3.16. The Labute approximate surface area is 86.5 Å². The van der Waals surface area contributed by atoms with Gasteiger partial charge in [0.05, 0.1) is 5.56 Å². The van der Waals surface area contributed by atoms with Gasteiger partial charge in [-0.1, -0.05) is 18.5 Å². The summed E-state index contributed by atoms with van der Waals surface area (Å²) in [5, 5.41) is 0.152. The van der Waals surface area contributed by atoms with Crippen LogP contribution in [0.15, 0.2) is 9.59 Å². The SMILES string of the molecule is CCc1c(Cl)[nH]c(=O)n(C(C)C)c1=O. The van der Waals surface area contributed by atoms with Gasteiger partial charge in [-0.05, 0) is 20.3 Å². The van der Waals surface area contributed by atoms with Crippen LogP contribution in [0.4, 0.5) is 0 Å². The number of hydrogen-bond donors (Lipinski definition) is 1. The Bertz CT molecular complexity index is 445. The summed E-state index contributed by atoms with van der Waals surface area (Å²) >= 11 is 5.74. The van der Waals surface area contributed by atoms with Crippen LogP contribution in [0.5, 0.6) is 0 Å². The maximum Gasteiger partial charge on any atom is 0.329 e. The fourth-order valence-corrected chi connectivity index (χ4v) is 1.63. The predicted octanol–water partition coefficient (Wildman–Crippen LogP) is 1.33. The van der Waals surface area contributed by atoms with E-state index in [1.807, 2.05) is 6.92 Å². The van der Waals surface area contributed by atoms with Gasteiger partial charge in [-0.3, -0.25) is 14.3 Å². The van der Waals surface area contributed by atoms with Crippen molar-refractivity contribution in [3.05, 3.63) is 31.6 Å². The zero-order valence-electron chi connectivity index (χ0n) is 8.43. The minimum absolute atomic E-state index is 0.152. The summed E-state index contributed by atoms with van der Waals surface area (Å²) in [5.41, 5.74) is -0.289. The van der Waals surface area contributed by atoms with Gasteiger partial charge in [-0.15, -0.1) is 0 Å². The summed E-state index contributed by atoms with van der Waals surface area (Å²) in [5.74, 6) is 0. The molecular weight excluding hydrogens is 204 g/mol. The molecule has 0 fully saturated rings. The highest BCUT2D eigenvalue weighted by atomic mass is 35.5. The van der Waals surface area contributed by atoms with E-state index in [0.29, 0.717) is 12.0 Å². The third kappa shape index (κ3) is 1.75. The molecule has 0 bridgehead atoms. The zero-order chi connectivity index (χ0) is 10.9. The van der Waals surface area contributed by atoms with Gasteiger partial charge in [0.2, 0.25) is 0 Å². The van der Waals surface area contributed by atoms with Crippen LogP contribution in [0, 0.1) is 0 Å². The molecule has 0 saturated heterocycles. The molecule has 1 aromatic rings. The fraction of sp³-hybridized carbons (Fsp3) is 0.556. The standard InChI is InChI=1S/C9H13ClN2O2/c1-4-6-7(10)11-9(14)12(5(2)3)8(6)13/h5H,4H2,1-3H3,(H,11,14). The molecule has 78 valence electrons. The van der Waals surface area contributed by atoms with Gasteiger partial charge in [0.15, 0.2) is 0 Å². The van der Waals surface area contributed by atoms with E-state index < -0.39 is 5.69 Å². The maximum absolute atomic E-state index is 11.7. The number of nitrogens with one attached hydrogen (secondary N) is 1. The lowest BCUT2D eigenvalue weighted by Gasteiger charge is -2.10. The topological polar surface area (TPSA) is 54.9 Å². The Morgan fingerprint density at radius 3 is 2.43 bits per heavy atom. The maximum atomic E-state index is 11.7. The molecule has 0 saturated carbocycles. The van der Waals surface area contributed by atoms with Crippen LogP contribution in [0.3, 0.4) is 0 Å². The first-order chi connectivity index (χ1) is 6.49. The normalized spacial score (nSPS) is 10.9. The van der Waals surface area contributed by atoms with Crippen LogP contribution in [0.25, 0.3) is 0 Å². The molecule has 0 radical (unpaired) electrons. The molecule has 5 heteroatoms. The molecule has 4 nitrogen and oxygen atoms in total. The first kappa shape index (κ1) is 11.0. The van der Waals surface area contributed by atoms with E-state index in [0.717, 1.165) is 0 Å². The molecule has 1 heterocycles. The Morgan fingerprint density at radius 1 is 1.43 bits per heavy atom. The highest BCUT2D eigenvalue weighted by Crippen LogP contribution is 2.07. The van der Waals surface area contributed by atoms with Crippen LogP contribution < -0.4 is 11.2 Å². The largest absolute Gasteiger partial charge is 0.329 e. The molecule has 1 rings (SSSR count). The van der Waals surface area contributed by atoms with E-state index in [1.54, 1.807) is 13.8 Å². The summed E-state index contributed by atoms with van der Waals surface area (Å²) in [6, 6.07) is -0.159. The van der Waals surface area contributed by atoms with Crippen LogP contribution in [0.2, 0.25) is 5.15 Å². The van der Waals surface area contributed by atoms with Crippen molar-refractivity contribution in [3.8, 4) is 0 Å². The minimum atomic E-state index is -0.452. The number of hydrogen-bond acceptors (Lipinski definition) is 2. The van der Waals surface area contributed by atoms with Gasteiger partial charge in [0, 0.05) is 6.04 Å². The van der Waals surface area contributed by atoms with E-state index in [9.17, 15) is 9.59 Å². The summed E-state index contributed by atoms with van der Waals surface area (Å²) in [6.07, 6.45) is 0.515. The summed E-state index contributed by atoms with van der Waals surface area (Å²) in [7, 11) is 0. The molecule has 0 unspecified atom stereocenters. The number of rotatable bonds is 2. The van der Waals surface area contributed by atoms with Crippen molar-refractivity contribution >= 4 is 11.6 Å². The molecule has 0 aliphatic carbocycles. The number of H-pyrrole nitrogens is 1. The second-order valence-corrected chi connectivity index (χ2v) is 3.72. The number of aromatic nitrogens is 2. The predicted molar refractivity (Wildman–Crippen MR) is 56.1 cm³/mol. The van der Waals surface area contributed by atoms with Crippen LogP contribution >= 0.6 is 11.6 Å². The quantitative estimate of drug-likeness (QED) is 0.759. The molecule has 0 atom stereocenters. The molecule has 14 heavy (non-hydrogen) atoms. The fourth-order valence-electron chi connectivity index (χ4n) is 1.34. The van der Waals surface area contributed by atoms with Crippen molar-refractivity contribution in [2.75, 3.05) is 0 Å². The third-order valence-electron chi connectivity index (χ3n) is 2.05. The number of halogens is 1.